The summed E-state index contributed by atoms with van der Waals surface area (Å²) in [5.74, 6) is -2.35. The van der Waals surface area contributed by atoms with E-state index in [1.807, 2.05) is 44.2 Å². The number of aliphatic hydroxyl groups excluding tert-OH is 1. The van der Waals surface area contributed by atoms with Crippen LogP contribution in [0.2, 0.25) is 0 Å². The molecule has 8 nitrogen and oxygen atoms in total. The summed E-state index contributed by atoms with van der Waals surface area (Å²) in [6, 6.07) is 8.17. The lowest BCUT2D eigenvalue weighted by Crippen LogP contribution is -2.58. The van der Waals surface area contributed by atoms with Crippen molar-refractivity contribution in [3.63, 3.8) is 0 Å². The van der Waals surface area contributed by atoms with Gasteiger partial charge in [-0.15, -0.1) is 6.58 Å². The minimum Gasteiger partial charge on any atom is -0.466 e. The second kappa shape index (κ2) is 10.7. The molecule has 0 aliphatic carbocycles. The van der Waals surface area contributed by atoms with E-state index in [4.69, 9.17) is 9.47 Å². The van der Waals surface area contributed by atoms with Gasteiger partial charge in [0.1, 0.15) is 11.6 Å². The molecule has 0 unspecified atom stereocenters. The van der Waals surface area contributed by atoms with Crippen molar-refractivity contribution in [2.75, 3.05) is 19.8 Å². The van der Waals surface area contributed by atoms with Gasteiger partial charge in [-0.05, 0) is 37.7 Å². The number of hydrogen-bond donors (Lipinski definition) is 1. The summed E-state index contributed by atoms with van der Waals surface area (Å²) in [5.41, 5.74) is -0.156. The quantitative estimate of drug-likeness (QED) is 0.372. The van der Waals surface area contributed by atoms with Crippen molar-refractivity contribution in [2.24, 2.45) is 17.8 Å². The molecule has 1 aromatic rings. The highest BCUT2D eigenvalue weighted by molar-refractivity contribution is 5.98. The topological polar surface area (TPSA) is 96.4 Å². The minimum atomic E-state index is -1.11. The van der Waals surface area contributed by atoms with Gasteiger partial charge in [0, 0.05) is 13.1 Å². The molecule has 36 heavy (non-hydrogen) atoms. The molecule has 3 aliphatic heterocycles. The van der Waals surface area contributed by atoms with Crippen molar-refractivity contribution in [3.05, 3.63) is 48.6 Å². The molecule has 3 fully saturated rings. The fourth-order valence-electron chi connectivity index (χ4n) is 6.46. The number of benzene rings is 1. The largest absolute Gasteiger partial charge is 0.466 e. The van der Waals surface area contributed by atoms with Crippen LogP contribution < -0.4 is 0 Å². The van der Waals surface area contributed by atoms with E-state index < -0.39 is 41.6 Å². The Labute approximate surface area is 213 Å². The van der Waals surface area contributed by atoms with E-state index in [0.717, 1.165) is 5.56 Å². The third-order valence-corrected chi connectivity index (χ3v) is 7.76. The maximum atomic E-state index is 14.3. The first-order valence-corrected chi connectivity index (χ1v) is 13.0. The second-order valence-corrected chi connectivity index (χ2v) is 10.5. The lowest BCUT2D eigenvalue weighted by Gasteiger charge is -2.39. The SMILES string of the molecule is C=CCN(Cc1ccccc1)C(=O)[C@H]1N([C@@H](CO)CC(C)C)C(=O)[C@@H]2[C@@H](C(=O)OCC)[C@H]3CC[C@]21O3. The normalized spacial score (nSPS) is 29.4. The van der Waals surface area contributed by atoms with E-state index in [-0.39, 0.29) is 30.9 Å². The lowest BCUT2D eigenvalue weighted by molar-refractivity contribution is -0.156. The molecule has 0 aromatic heterocycles. The van der Waals surface area contributed by atoms with Crippen LogP contribution in [-0.2, 0) is 30.4 Å². The van der Waals surface area contributed by atoms with Crippen LogP contribution in [-0.4, -0.2) is 76.2 Å². The standard InChI is InChI=1S/C28H38N2O6/c1-5-14-29(16-19-10-8-7-9-11-19)26(33)24-28-13-12-21(36-28)22(27(34)35-6-2)23(28)25(32)30(24)20(17-31)15-18(3)4/h5,7-11,18,20-24,31H,1,6,12-17H2,2-4H3/t20-,21-,22+,23+,24-,28+/m1/s1. The van der Waals surface area contributed by atoms with Crippen LogP contribution >= 0.6 is 0 Å². The Hall–Kier alpha value is -2.71. The number of hydrogen-bond acceptors (Lipinski definition) is 6. The van der Waals surface area contributed by atoms with Gasteiger partial charge in [-0.2, -0.15) is 0 Å². The summed E-state index contributed by atoms with van der Waals surface area (Å²) in [4.78, 5) is 44.6. The van der Waals surface area contributed by atoms with Gasteiger partial charge in [0.15, 0.2) is 0 Å². The van der Waals surface area contributed by atoms with E-state index >= 15 is 0 Å². The van der Waals surface area contributed by atoms with Crippen molar-refractivity contribution in [1.82, 2.24) is 9.80 Å². The van der Waals surface area contributed by atoms with Crippen LogP contribution in [0.5, 0.6) is 0 Å². The van der Waals surface area contributed by atoms with Crippen LogP contribution in [0, 0.1) is 17.8 Å². The fourth-order valence-corrected chi connectivity index (χ4v) is 6.46. The number of amides is 2. The Morgan fingerprint density at radius 2 is 2.06 bits per heavy atom. The zero-order chi connectivity index (χ0) is 26.0. The number of fused-ring (bicyclic) bond motifs is 1. The number of esters is 1. The van der Waals surface area contributed by atoms with E-state index in [1.54, 1.807) is 22.8 Å². The van der Waals surface area contributed by atoms with Crippen LogP contribution in [0.1, 0.15) is 45.6 Å². The first-order chi connectivity index (χ1) is 17.3. The van der Waals surface area contributed by atoms with E-state index in [9.17, 15) is 19.5 Å². The molecule has 3 saturated heterocycles. The second-order valence-electron chi connectivity index (χ2n) is 10.5. The summed E-state index contributed by atoms with van der Waals surface area (Å²) < 4.78 is 11.8. The van der Waals surface area contributed by atoms with Gasteiger partial charge in [-0.25, -0.2) is 0 Å². The first kappa shape index (κ1) is 26.4. The van der Waals surface area contributed by atoms with Gasteiger partial charge in [0.25, 0.3) is 0 Å². The first-order valence-electron chi connectivity index (χ1n) is 13.0. The highest BCUT2D eigenvalue weighted by Crippen LogP contribution is 2.59. The van der Waals surface area contributed by atoms with Crippen LogP contribution in [0.25, 0.3) is 0 Å². The summed E-state index contributed by atoms with van der Waals surface area (Å²) in [7, 11) is 0. The molecule has 6 atom stereocenters. The number of carbonyl (C=O) groups is 3. The minimum absolute atomic E-state index is 0.190. The van der Waals surface area contributed by atoms with Crippen molar-refractivity contribution in [3.8, 4) is 0 Å². The summed E-state index contributed by atoms with van der Waals surface area (Å²) >= 11 is 0. The number of aliphatic hydroxyl groups is 1. The third-order valence-electron chi connectivity index (χ3n) is 7.76. The molecule has 2 bridgehead atoms. The van der Waals surface area contributed by atoms with Gasteiger partial charge in [-0.1, -0.05) is 50.3 Å². The van der Waals surface area contributed by atoms with Crippen LogP contribution in [0.15, 0.2) is 43.0 Å². The zero-order valence-corrected chi connectivity index (χ0v) is 21.5. The summed E-state index contributed by atoms with van der Waals surface area (Å²) in [6.45, 7) is 10.2. The smallest absolute Gasteiger partial charge is 0.312 e. The molecule has 2 amide bonds. The average molecular weight is 499 g/mol. The van der Waals surface area contributed by atoms with E-state index in [2.05, 4.69) is 6.58 Å². The Morgan fingerprint density at radius 1 is 1.33 bits per heavy atom. The number of likely N-dealkylation sites (tertiary alicyclic amines) is 1. The highest BCUT2D eigenvalue weighted by atomic mass is 16.6. The average Bonchev–Trinajstić information content (AvgIpc) is 3.50. The van der Waals surface area contributed by atoms with Gasteiger partial charge in [0.2, 0.25) is 11.8 Å². The predicted molar refractivity (Wildman–Crippen MR) is 133 cm³/mol. The molecular formula is C28H38N2O6. The molecule has 1 N–H and O–H groups in total. The third kappa shape index (κ3) is 4.45. The Balaban J connectivity index is 1.76. The molecule has 0 saturated carbocycles. The molecule has 8 heteroatoms. The highest BCUT2D eigenvalue weighted by Gasteiger charge is 2.75. The van der Waals surface area contributed by atoms with Crippen molar-refractivity contribution in [1.29, 1.82) is 0 Å². The van der Waals surface area contributed by atoms with E-state index in [0.29, 0.717) is 32.4 Å². The number of carbonyl (C=O) groups excluding carboxylic acids is 3. The Bertz CT molecular complexity index is 982. The molecule has 1 aromatic carbocycles. The van der Waals surface area contributed by atoms with Gasteiger partial charge in [0.05, 0.1) is 37.2 Å². The van der Waals surface area contributed by atoms with Gasteiger partial charge in [-0.3, -0.25) is 14.4 Å². The maximum Gasteiger partial charge on any atom is 0.312 e. The Kier molecular flexibility index (Phi) is 7.85. The maximum absolute atomic E-state index is 14.3. The van der Waals surface area contributed by atoms with Crippen LogP contribution in [0.3, 0.4) is 0 Å². The number of rotatable bonds is 11. The molecule has 3 heterocycles. The number of ether oxygens (including phenoxy) is 2. The molecule has 196 valence electrons. The van der Waals surface area contributed by atoms with Gasteiger partial charge < -0.3 is 24.4 Å². The zero-order valence-electron chi connectivity index (χ0n) is 21.5. The van der Waals surface area contributed by atoms with E-state index in [1.165, 1.54) is 0 Å². The number of nitrogens with zero attached hydrogens (tertiary/aromatic N) is 2. The van der Waals surface area contributed by atoms with Crippen molar-refractivity contribution >= 4 is 17.8 Å². The van der Waals surface area contributed by atoms with Gasteiger partial charge >= 0.3 is 5.97 Å². The monoisotopic (exact) mass is 498 g/mol. The molecular weight excluding hydrogens is 460 g/mol. The molecule has 0 radical (unpaired) electrons. The molecule has 3 aliphatic rings. The molecule has 4 rings (SSSR count). The van der Waals surface area contributed by atoms with Crippen molar-refractivity contribution < 1.29 is 29.0 Å². The molecule has 1 spiro atoms. The predicted octanol–water partition coefficient (Wildman–Crippen LogP) is 2.55. The lowest BCUT2D eigenvalue weighted by atomic mass is 9.70. The Morgan fingerprint density at radius 3 is 2.67 bits per heavy atom. The summed E-state index contributed by atoms with van der Waals surface area (Å²) in [5, 5.41) is 10.4. The summed E-state index contributed by atoms with van der Waals surface area (Å²) in [6.07, 6.45) is 2.84. The van der Waals surface area contributed by atoms with Crippen LogP contribution in [0.4, 0.5) is 0 Å². The van der Waals surface area contributed by atoms with Crippen molar-refractivity contribution in [2.45, 2.75) is 70.4 Å². The fraction of sp³-hybridized carbons (Fsp3) is 0.607.